The van der Waals surface area contributed by atoms with Crippen LogP contribution in [0, 0.1) is 6.92 Å². The van der Waals surface area contributed by atoms with E-state index in [-0.39, 0.29) is 10.6 Å². The van der Waals surface area contributed by atoms with Gasteiger partial charge in [0.25, 0.3) is 0 Å². The maximum absolute atomic E-state index is 10.9. The first-order valence-corrected chi connectivity index (χ1v) is 5.44. The van der Waals surface area contributed by atoms with Gasteiger partial charge in [-0.3, -0.25) is 0 Å². The van der Waals surface area contributed by atoms with Crippen molar-refractivity contribution in [2.24, 2.45) is 0 Å². The molecule has 18 heavy (non-hydrogen) atoms. The minimum atomic E-state index is -1.11. The second kappa shape index (κ2) is 5.01. The molecule has 1 N–H and O–H groups in total. The lowest BCUT2D eigenvalue weighted by atomic mass is 10.2. The lowest BCUT2D eigenvalue weighted by Crippen LogP contribution is -1.98. The molecule has 1 heterocycles. The summed E-state index contributed by atoms with van der Waals surface area (Å²) in [4.78, 5) is 18.9. The summed E-state index contributed by atoms with van der Waals surface area (Å²) in [5.74, 6) is 0.167. The molecule has 0 radical (unpaired) electrons. The van der Waals surface area contributed by atoms with Crippen LogP contribution in [0.1, 0.15) is 16.2 Å². The average molecular weight is 265 g/mol. The van der Waals surface area contributed by atoms with Crippen molar-refractivity contribution in [2.75, 3.05) is 0 Å². The van der Waals surface area contributed by atoms with Gasteiger partial charge < -0.3 is 9.84 Å². The minimum Gasteiger partial charge on any atom is -0.478 e. The number of ether oxygens (including phenoxy) is 1. The molecule has 5 nitrogen and oxygen atoms in total. The van der Waals surface area contributed by atoms with Crippen LogP contribution in [0.4, 0.5) is 0 Å². The van der Waals surface area contributed by atoms with Crippen molar-refractivity contribution in [3.05, 3.63) is 46.9 Å². The summed E-state index contributed by atoms with van der Waals surface area (Å²) in [5, 5.41) is 9.10. The molecule has 0 spiro atoms. The van der Waals surface area contributed by atoms with E-state index in [1.807, 2.05) is 0 Å². The normalized spacial score (nSPS) is 10.1. The van der Waals surface area contributed by atoms with Crippen molar-refractivity contribution >= 4 is 17.6 Å². The van der Waals surface area contributed by atoms with Crippen LogP contribution in [-0.4, -0.2) is 21.0 Å². The Morgan fingerprint density at radius 3 is 2.83 bits per heavy atom. The predicted molar refractivity (Wildman–Crippen MR) is 65.3 cm³/mol. The number of nitrogens with zero attached hydrogens (tertiary/aromatic N) is 2. The van der Waals surface area contributed by atoms with Crippen LogP contribution in [0.5, 0.6) is 11.6 Å². The molecule has 0 fully saturated rings. The third-order valence-electron chi connectivity index (χ3n) is 2.14. The first kappa shape index (κ1) is 12.3. The van der Waals surface area contributed by atoms with E-state index in [1.165, 1.54) is 12.1 Å². The number of carboxylic acid groups (broad SMARTS) is 1. The zero-order valence-electron chi connectivity index (χ0n) is 9.42. The standard InChI is InChI=1S/C12H9ClN2O3/c1-7-14-5-4-11(15-7)18-8-2-3-10(13)9(6-8)12(16)17/h2-6H,1H3,(H,16,17). The number of carboxylic acids is 1. The van der Waals surface area contributed by atoms with Crippen molar-refractivity contribution in [1.29, 1.82) is 0 Å². The third-order valence-corrected chi connectivity index (χ3v) is 2.47. The van der Waals surface area contributed by atoms with Crippen LogP contribution >= 0.6 is 11.6 Å². The summed E-state index contributed by atoms with van der Waals surface area (Å²) in [6.45, 7) is 1.73. The smallest absolute Gasteiger partial charge is 0.337 e. The van der Waals surface area contributed by atoms with Crippen molar-refractivity contribution in [3.8, 4) is 11.6 Å². The molecule has 6 heteroatoms. The summed E-state index contributed by atoms with van der Waals surface area (Å²) in [5.41, 5.74) is -0.0139. The summed E-state index contributed by atoms with van der Waals surface area (Å²) in [7, 11) is 0. The number of hydrogen-bond acceptors (Lipinski definition) is 4. The van der Waals surface area contributed by atoms with Gasteiger partial charge in [-0.25, -0.2) is 9.78 Å². The molecular weight excluding hydrogens is 256 g/mol. The number of benzene rings is 1. The Hall–Kier alpha value is -2.14. The van der Waals surface area contributed by atoms with Crippen LogP contribution in [0.3, 0.4) is 0 Å². The quantitative estimate of drug-likeness (QED) is 0.923. The molecule has 0 atom stereocenters. The Morgan fingerprint density at radius 1 is 1.39 bits per heavy atom. The van der Waals surface area contributed by atoms with Crippen molar-refractivity contribution < 1.29 is 14.6 Å². The minimum absolute atomic E-state index is 0.0139. The van der Waals surface area contributed by atoms with E-state index in [9.17, 15) is 4.79 Å². The molecule has 2 rings (SSSR count). The highest BCUT2D eigenvalue weighted by molar-refractivity contribution is 6.33. The van der Waals surface area contributed by atoms with Crippen LogP contribution in [-0.2, 0) is 0 Å². The monoisotopic (exact) mass is 264 g/mol. The van der Waals surface area contributed by atoms with Crippen molar-refractivity contribution in [1.82, 2.24) is 9.97 Å². The molecule has 2 aromatic rings. The highest BCUT2D eigenvalue weighted by Gasteiger charge is 2.10. The highest BCUT2D eigenvalue weighted by Crippen LogP contribution is 2.25. The lowest BCUT2D eigenvalue weighted by Gasteiger charge is -2.06. The van der Waals surface area contributed by atoms with Gasteiger partial charge >= 0.3 is 5.97 Å². The molecule has 0 unspecified atom stereocenters. The zero-order valence-corrected chi connectivity index (χ0v) is 10.2. The van der Waals surface area contributed by atoms with Gasteiger partial charge in [0.2, 0.25) is 5.88 Å². The first-order valence-electron chi connectivity index (χ1n) is 5.06. The van der Waals surface area contributed by atoms with E-state index in [0.29, 0.717) is 17.5 Å². The summed E-state index contributed by atoms with van der Waals surface area (Å²) < 4.78 is 5.43. The molecule has 0 aliphatic rings. The fourth-order valence-electron chi connectivity index (χ4n) is 1.34. The number of carbonyl (C=O) groups is 1. The molecule has 1 aromatic carbocycles. The third kappa shape index (κ3) is 2.75. The van der Waals surface area contributed by atoms with Gasteiger partial charge in [0.05, 0.1) is 10.6 Å². The fourth-order valence-corrected chi connectivity index (χ4v) is 1.54. The van der Waals surface area contributed by atoms with Crippen molar-refractivity contribution in [2.45, 2.75) is 6.92 Å². The summed E-state index contributed by atoms with van der Waals surface area (Å²) in [6, 6.07) is 5.98. The first-order chi connectivity index (χ1) is 8.56. The Kier molecular flexibility index (Phi) is 3.43. The van der Waals surface area contributed by atoms with Gasteiger partial charge in [0.15, 0.2) is 0 Å². The number of hydrogen-bond donors (Lipinski definition) is 1. The molecule has 0 aliphatic carbocycles. The van der Waals surface area contributed by atoms with Gasteiger partial charge in [0, 0.05) is 12.3 Å². The van der Waals surface area contributed by atoms with Crippen LogP contribution in [0.2, 0.25) is 5.02 Å². The van der Waals surface area contributed by atoms with Crippen molar-refractivity contribution in [3.63, 3.8) is 0 Å². The summed E-state index contributed by atoms with van der Waals surface area (Å²) >= 11 is 5.76. The Morgan fingerprint density at radius 2 is 2.17 bits per heavy atom. The number of aryl methyl sites for hydroxylation is 1. The molecular formula is C12H9ClN2O3. The maximum atomic E-state index is 10.9. The topological polar surface area (TPSA) is 72.3 Å². The number of halogens is 1. The van der Waals surface area contributed by atoms with Gasteiger partial charge in [-0.05, 0) is 25.1 Å². The Bertz CT molecular complexity index is 602. The van der Waals surface area contributed by atoms with E-state index in [2.05, 4.69) is 9.97 Å². The van der Waals surface area contributed by atoms with Gasteiger partial charge in [0.1, 0.15) is 11.6 Å². The number of aromatic nitrogens is 2. The van der Waals surface area contributed by atoms with E-state index >= 15 is 0 Å². The second-order valence-corrected chi connectivity index (χ2v) is 3.90. The molecule has 0 saturated carbocycles. The highest BCUT2D eigenvalue weighted by atomic mass is 35.5. The largest absolute Gasteiger partial charge is 0.478 e. The SMILES string of the molecule is Cc1nccc(Oc2ccc(Cl)c(C(=O)O)c2)n1. The average Bonchev–Trinajstić information content (AvgIpc) is 2.31. The number of rotatable bonds is 3. The van der Waals surface area contributed by atoms with Crippen LogP contribution in [0.15, 0.2) is 30.5 Å². The van der Waals surface area contributed by atoms with Gasteiger partial charge in [-0.2, -0.15) is 4.98 Å². The zero-order chi connectivity index (χ0) is 13.1. The van der Waals surface area contributed by atoms with Gasteiger partial charge in [-0.15, -0.1) is 0 Å². The molecule has 0 amide bonds. The number of aromatic carboxylic acids is 1. The van der Waals surface area contributed by atoms with Crippen LogP contribution < -0.4 is 4.74 Å². The maximum Gasteiger partial charge on any atom is 0.337 e. The van der Waals surface area contributed by atoms with E-state index in [4.69, 9.17) is 21.4 Å². The lowest BCUT2D eigenvalue weighted by molar-refractivity contribution is 0.0696. The molecule has 92 valence electrons. The van der Waals surface area contributed by atoms with E-state index in [1.54, 1.807) is 25.3 Å². The Labute approximate surface area is 108 Å². The molecule has 0 saturated heterocycles. The molecule has 0 aliphatic heterocycles. The van der Waals surface area contributed by atoms with E-state index < -0.39 is 5.97 Å². The summed E-state index contributed by atoms with van der Waals surface area (Å²) in [6.07, 6.45) is 1.56. The van der Waals surface area contributed by atoms with E-state index in [0.717, 1.165) is 0 Å². The Balaban J connectivity index is 2.30. The predicted octanol–water partition coefficient (Wildman–Crippen LogP) is 2.93. The van der Waals surface area contributed by atoms with Gasteiger partial charge in [-0.1, -0.05) is 11.6 Å². The fraction of sp³-hybridized carbons (Fsp3) is 0.0833. The van der Waals surface area contributed by atoms with Crippen LogP contribution in [0.25, 0.3) is 0 Å². The molecule has 0 bridgehead atoms. The second-order valence-electron chi connectivity index (χ2n) is 3.49. The molecule has 1 aromatic heterocycles.